The lowest BCUT2D eigenvalue weighted by Crippen LogP contribution is -2.47. The van der Waals surface area contributed by atoms with E-state index in [1.165, 1.54) is 4.31 Å². The molecule has 4 rings (SSSR count). The third-order valence-electron chi connectivity index (χ3n) is 4.85. The van der Waals surface area contributed by atoms with Gasteiger partial charge in [-0.1, -0.05) is 24.3 Å². The van der Waals surface area contributed by atoms with E-state index in [4.69, 9.17) is 5.73 Å². The Balaban J connectivity index is 1.67. The van der Waals surface area contributed by atoms with Crippen molar-refractivity contribution in [2.75, 3.05) is 23.9 Å². The second-order valence-corrected chi connectivity index (χ2v) is 8.19. The molecular weight excluding hydrogens is 326 g/mol. The van der Waals surface area contributed by atoms with Crippen LogP contribution in [-0.2, 0) is 14.8 Å². The number of carbonyl (C=O) groups is 1. The van der Waals surface area contributed by atoms with Crippen LogP contribution in [0.1, 0.15) is 12.8 Å². The minimum atomic E-state index is -3.68. The summed E-state index contributed by atoms with van der Waals surface area (Å²) < 4.78 is 27.0. The van der Waals surface area contributed by atoms with E-state index in [-0.39, 0.29) is 23.4 Å². The van der Waals surface area contributed by atoms with Crippen molar-refractivity contribution >= 4 is 32.4 Å². The number of likely N-dealkylation sites (tertiary alicyclic amines) is 1. The third kappa shape index (κ3) is 2.27. The summed E-state index contributed by atoms with van der Waals surface area (Å²) in [5, 5.41) is 1.57. The minimum absolute atomic E-state index is 0.127. The molecule has 0 aromatic heterocycles. The molecule has 0 atom stereocenters. The highest BCUT2D eigenvalue weighted by Crippen LogP contribution is 2.41. The van der Waals surface area contributed by atoms with Crippen LogP contribution in [0.4, 0.5) is 5.69 Å². The summed E-state index contributed by atoms with van der Waals surface area (Å²) in [6.07, 6.45) is 1.52. The SMILES string of the molecule is NC1CCN(C(=O)CN2c3cccc4cccc(c34)S2(=O)=O)CC1. The molecule has 0 spiro atoms. The van der Waals surface area contributed by atoms with Crippen molar-refractivity contribution in [2.45, 2.75) is 23.8 Å². The molecule has 7 heteroatoms. The van der Waals surface area contributed by atoms with Crippen molar-refractivity contribution in [1.29, 1.82) is 0 Å². The number of hydrogen-bond donors (Lipinski definition) is 1. The molecule has 24 heavy (non-hydrogen) atoms. The van der Waals surface area contributed by atoms with Crippen LogP contribution in [0.15, 0.2) is 41.3 Å². The van der Waals surface area contributed by atoms with E-state index in [9.17, 15) is 13.2 Å². The predicted molar refractivity (Wildman–Crippen MR) is 92.3 cm³/mol. The largest absolute Gasteiger partial charge is 0.341 e. The lowest BCUT2D eigenvalue weighted by molar-refractivity contribution is -0.130. The third-order valence-corrected chi connectivity index (χ3v) is 6.65. The van der Waals surface area contributed by atoms with Crippen molar-refractivity contribution in [2.24, 2.45) is 5.73 Å². The summed E-state index contributed by atoms with van der Waals surface area (Å²) in [6.45, 7) is 1.02. The van der Waals surface area contributed by atoms with Gasteiger partial charge in [0.25, 0.3) is 10.0 Å². The second kappa shape index (κ2) is 5.46. The Morgan fingerprint density at radius 3 is 2.50 bits per heavy atom. The Labute approximate surface area is 140 Å². The van der Waals surface area contributed by atoms with Gasteiger partial charge < -0.3 is 10.6 Å². The van der Waals surface area contributed by atoms with Gasteiger partial charge in [0, 0.05) is 24.5 Å². The predicted octanol–water partition coefficient (Wildman–Crippen LogP) is 1.30. The van der Waals surface area contributed by atoms with Crippen molar-refractivity contribution in [3.8, 4) is 0 Å². The van der Waals surface area contributed by atoms with Gasteiger partial charge in [0.2, 0.25) is 5.91 Å². The second-order valence-electron chi connectivity index (χ2n) is 6.36. The van der Waals surface area contributed by atoms with Crippen LogP contribution in [0.5, 0.6) is 0 Å². The van der Waals surface area contributed by atoms with E-state index in [1.807, 2.05) is 18.2 Å². The number of rotatable bonds is 2. The maximum atomic E-state index is 12.9. The zero-order valence-corrected chi connectivity index (χ0v) is 14.0. The summed E-state index contributed by atoms with van der Waals surface area (Å²) in [5.74, 6) is -0.171. The summed E-state index contributed by atoms with van der Waals surface area (Å²) in [4.78, 5) is 14.6. The fourth-order valence-corrected chi connectivity index (χ4v) is 5.16. The summed E-state index contributed by atoms with van der Waals surface area (Å²) >= 11 is 0. The number of hydrogen-bond acceptors (Lipinski definition) is 4. The quantitative estimate of drug-likeness (QED) is 0.889. The summed E-state index contributed by atoms with van der Waals surface area (Å²) in [6, 6.07) is 10.8. The average molecular weight is 345 g/mol. The van der Waals surface area contributed by atoms with Crippen LogP contribution in [0, 0.1) is 0 Å². The lowest BCUT2D eigenvalue weighted by atomic mass is 10.1. The van der Waals surface area contributed by atoms with Gasteiger partial charge >= 0.3 is 0 Å². The first kappa shape index (κ1) is 15.4. The molecule has 0 aliphatic carbocycles. The van der Waals surface area contributed by atoms with E-state index >= 15 is 0 Å². The molecule has 0 radical (unpaired) electrons. The van der Waals surface area contributed by atoms with E-state index in [0.717, 1.165) is 18.2 Å². The van der Waals surface area contributed by atoms with Gasteiger partial charge in [0.15, 0.2) is 0 Å². The Hall–Kier alpha value is -2.12. The maximum Gasteiger partial charge on any atom is 0.265 e. The number of nitrogens with zero attached hydrogens (tertiary/aromatic N) is 2. The summed E-state index contributed by atoms with van der Waals surface area (Å²) in [5.41, 5.74) is 6.46. The Morgan fingerprint density at radius 1 is 1.12 bits per heavy atom. The molecule has 2 aromatic rings. The number of anilines is 1. The molecule has 126 valence electrons. The highest BCUT2D eigenvalue weighted by Gasteiger charge is 2.37. The van der Waals surface area contributed by atoms with Crippen LogP contribution in [-0.4, -0.2) is 44.9 Å². The monoisotopic (exact) mass is 345 g/mol. The van der Waals surface area contributed by atoms with E-state index in [2.05, 4.69) is 0 Å². The zero-order valence-electron chi connectivity index (χ0n) is 13.2. The van der Waals surface area contributed by atoms with Crippen LogP contribution in [0.25, 0.3) is 10.8 Å². The highest BCUT2D eigenvalue weighted by atomic mass is 32.2. The number of amides is 1. The van der Waals surface area contributed by atoms with E-state index in [1.54, 1.807) is 23.1 Å². The van der Waals surface area contributed by atoms with Crippen LogP contribution in [0.2, 0.25) is 0 Å². The van der Waals surface area contributed by atoms with Crippen molar-refractivity contribution in [1.82, 2.24) is 4.90 Å². The smallest absolute Gasteiger partial charge is 0.265 e. The maximum absolute atomic E-state index is 12.9. The van der Waals surface area contributed by atoms with Crippen LogP contribution < -0.4 is 10.0 Å². The number of carbonyl (C=O) groups excluding carboxylic acids is 1. The molecule has 2 aromatic carbocycles. The Morgan fingerprint density at radius 2 is 1.79 bits per heavy atom. The van der Waals surface area contributed by atoms with Crippen molar-refractivity contribution < 1.29 is 13.2 Å². The molecule has 1 amide bonds. The first-order chi connectivity index (χ1) is 11.5. The van der Waals surface area contributed by atoms with Gasteiger partial charge in [0.05, 0.1) is 10.6 Å². The number of nitrogens with two attached hydrogens (primary N) is 1. The first-order valence-electron chi connectivity index (χ1n) is 8.06. The molecule has 2 aliphatic heterocycles. The van der Waals surface area contributed by atoms with Gasteiger partial charge in [-0.25, -0.2) is 8.42 Å². The van der Waals surface area contributed by atoms with Crippen LogP contribution in [0.3, 0.4) is 0 Å². The fraction of sp³-hybridized carbons (Fsp3) is 0.353. The Kier molecular flexibility index (Phi) is 3.51. The fourth-order valence-electron chi connectivity index (χ4n) is 3.50. The molecule has 1 fully saturated rings. The van der Waals surface area contributed by atoms with Crippen molar-refractivity contribution in [3.05, 3.63) is 36.4 Å². The molecule has 1 saturated heterocycles. The number of benzene rings is 2. The average Bonchev–Trinajstić information content (AvgIpc) is 2.79. The molecule has 2 N–H and O–H groups in total. The zero-order chi connectivity index (χ0) is 16.9. The molecule has 2 heterocycles. The van der Waals surface area contributed by atoms with E-state index < -0.39 is 10.0 Å². The summed E-state index contributed by atoms with van der Waals surface area (Å²) in [7, 11) is -3.68. The molecule has 2 aliphatic rings. The molecule has 0 bridgehead atoms. The van der Waals surface area contributed by atoms with Gasteiger partial charge in [-0.15, -0.1) is 0 Å². The number of sulfonamides is 1. The van der Waals surface area contributed by atoms with Crippen molar-refractivity contribution in [3.63, 3.8) is 0 Å². The van der Waals surface area contributed by atoms with Gasteiger partial charge in [0.1, 0.15) is 6.54 Å². The van der Waals surface area contributed by atoms with Gasteiger partial charge in [-0.3, -0.25) is 9.10 Å². The normalized spacial score (nSPS) is 19.9. The first-order valence-corrected chi connectivity index (χ1v) is 9.50. The lowest BCUT2D eigenvalue weighted by Gasteiger charge is -2.31. The van der Waals surface area contributed by atoms with Gasteiger partial charge in [-0.2, -0.15) is 0 Å². The standard InChI is InChI=1S/C17H19N3O3S/c18-13-7-9-19(10-8-13)16(21)11-20-14-5-1-3-12-4-2-6-15(17(12)14)24(20,22)23/h1-6,13H,7-11,18H2. The molecule has 0 saturated carbocycles. The minimum Gasteiger partial charge on any atom is -0.341 e. The van der Waals surface area contributed by atoms with Crippen LogP contribution >= 0.6 is 0 Å². The topological polar surface area (TPSA) is 83.7 Å². The number of piperidine rings is 1. The van der Waals surface area contributed by atoms with E-state index in [0.29, 0.717) is 24.2 Å². The van der Waals surface area contributed by atoms with Gasteiger partial charge in [-0.05, 0) is 30.4 Å². The Bertz CT molecular complexity index is 913. The molecule has 0 unspecified atom stereocenters. The molecule has 6 nitrogen and oxygen atoms in total. The molecular formula is C17H19N3O3S. The highest BCUT2D eigenvalue weighted by molar-refractivity contribution is 7.93.